The molecule has 3 aromatic heterocycles. The number of pyridine rings is 1. The fourth-order valence-electron chi connectivity index (χ4n) is 4.14. The Morgan fingerprint density at radius 3 is 2.42 bits per heavy atom. The van der Waals surface area contributed by atoms with Gasteiger partial charge >= 0.3 is 0 Å². The lowest BCUT2D eigenvalue weighted by Gasteiger charge is -2.37. The van der Waals surface area contributed by atoms with Gasteiger partial charge in [0.25, 0.3) is 5.56 Å². The van der Waals surface area contributed by atoms with Crippen molar-refractivity contribution in [2.24, 2.45) is 7.05 Å². The average molecular weight is 446 g/mol. The largest absolute Gasteiger partial charge is 0.353 e. The van der Waals surface area contributed by atoms with E-state index in [1.165, 1.54) is 22.9 Å². The van der Waals surface area contributed by atoms with Crippen LogP contribution in [0.25, 0.3) is 16.9 Å². The van der Waals surface area contributed by atoms with Gasteiger partial charge in [-0.3, -0.25) is 14.3 Å². The second-order valence-electron chi connectivity index (χ2n) is 8.06. The van der Waals surface area contributed by atoms with Crippen LogP contribution in [0.4, 0.5) is 16.2 Å². The molecule has 0 aliphatic carbocycles. The van der Waals surface area contributed by atoms with E-state index in [1.54, 1.807) is 7.05 Å². The third kappa shape index (κ3) is 3.97. The lowest BCUT2D eigenvalue weighted by atomic mass is 10.2. The van der Waals surface area contributed by atoms with Crippen LogP contribution in [0, 0.1) is 12.7 Å². The molecule has 4 heterocycles. The topological polar surface area (TPSA) is 72.1 Å². The Bertz CT molecular complexity index is 1340. The number of aryl methyl sites for hydroxylation is 1. The zero-order chi connectivity index (χ0) is 22.9. The molecule has 168 valence electrons. The van der Waals surface area contributed by atoms with Crippen LogP contribution in [0.15, 0.2) is 65.7 Å². The summed E-state index contributed by atoms with van der Waals surface area (Å²) in [5, 5.41) is 4.68. The molecule has 0 bridgehead atoms. The summed E-state index contributed by atoms with van der Waals surface area (Å²) in [5.41, 5.74) is 2.32. The van der Waals surface area contributed by atoms with Gasteiger partial charge in [-0.15, -0.1) is 0 Å². The van der Waals surface area contributed by atoms with Crippen molar-refractivity contribution >= 4 is 11.8 Å². The van der Waals surface area contributed by atoms with Crippen molar-refractivity contribution in [1.82, 2.24) is 24.3 Å². The van der Waals surface area contributed by atoms with Crippen molar-refractivity contribution < 1.29 is 4.39 Å². The summed E-state index contributed by atoms with van der Waals surface area (Å²) in [6, 6.07) is 15.0. The first-order valence-electron chi connectivity index (χ1n) is 10.8. The number of nitrogens with zero attached hydrogens (tertiary/aromatic N) is 7. The van der Waals surface area contributed by atoms with Gasteiger partial charge in [-0.1, -0.05) is 18.2 Å². The maximum Gasteiger partial charge on any atom is 0.255 e. The van der Waals surface area contributed by atoms with Gasteiger partial charge in [0, 0.05) is 57.1 Å². The van der Waals surface area contributed by atoms with E-state index >= 15 is 0 Å². The van der Waals surface area contributed by atoms with Crippen LogP contribution in [0.5, 0.6) is 0 Å². The Kier molecular flexibility index (Phi) is 5.37. The standard InChI is InChI=1S/C24H24FN7O/c1-17-14-22(32(28-17)18-6-4-3-5-7-18)30-10-12-31(13-11-30)24-27-21(15-23(33)29(24)2)19-8-9-26-16-20(19)25/h3-9,14-16H,10-13H2,1-2H3. The quantitative estimate of drug-likeness (QED) is 0.481. The highest BCUT2D eigenvalue weighted by molar-refractivity contribution is 5.60. The van der Waals surface area contributed by atoms with E-state index in [2.05, 4.69) is 30.9 Å². The predicted octanol–water partition coefficient (Wildman–Crippen LogP) is 2.80. The SMILES string of the molecule is Cc1cc(N2CCN(c3nc(-c4ccncc4F)cc(=O)n3C)CC2)n(-c2ccccc2)n1. The summed E-state index contributed by atoms with van der Waals surface area (Å²) < 4.78 is 17.7. The number of anilines is 2. The zero-order valence-corrected chi connectivity index (χ0v) is 18.5. The number of benzene rings is 1. The van der Waals surface area contributed by atoms with Crippen LogP contribution in [0.1, 0.15) is 5.69 Å². The Balaban J connectivity index is 1.41. The third-order valence-electron chi connectivity index (χ3n) is 5.86. The summed E-state index contributed by atoms with van der Waals surface area (Å²) in [4.78, 5) is 25.4. The highest BCUT2D eigenvalue weighted by Gasteiger charge is 2.24. The van der Waals surface area contributed by atoms with E-state index in [0.717, 1.165) is 36.5 Å². The number of hydrogen-bond acceptors (Lipinski definition) is 6. The molecule has 9 heteroatoms. The molecule has 5 rings (SSSR count). The van der Waals surface area contributed by atoms with Crippen molar-refractivity contribution in [3.05, 3.63) is 82.8 Å². The Morgan fingerprint density at radius 2 is 1.70 bits per heavy atom. The smallest absolute Gasteiger partial charge is 0.255 e. The highest BCUT2D eigenvalue weighted by atomic mass is 19.1. The van der Waals surface area contributed by atoms with Crippen molar-refractivity contribution in [3.63, 3.8) is 0 Å². The van der Waals surface area contributed by atoms with E-state index in [1.807, 2.05) is 41.9 Å². The van der Waals surface area contributed by atoms with Gasteiger partial charge in [-0.2, -0.15) is 5.10 Å². The van der Waals surface area contributed by atoms with Gasteiger partial charge in [0.05, 0.1) is 23.3 Å². The number of halogens is 1. The molecule has 8 nitrogen and oxygen atoms in total. The molecule has 0 radical (unpaired) electrons. The van der Waals surface area contributed by atoms with Gasteiger partial charge in [0.2, 0.25) is 5.95 Å². The monoisotopic (exact) mass is 445 g/mol. The second-order valence-corrected chi connectivity index (χ2v) is 8.06. The maximum atomic E-state index is 14.3. The summed E-state index contributed by atoms with van der Waals surface area (Å²) in [6.45, 7) is 4.80. The molecule has 33 heavy (non-hydrogen) atoms. The van der Waals surface area contributed by atoms with Crippen LogP contribution in [-0.2, 0) is 7.05 Å². The van der Waals surface area contributed by atoms with Crippen LogP contribution >= 0.6 is 0 Å². The normalized spacial score (nSPS) is 14.0. The van der Waals surface area contributed by atoms with E-state index < -0.39 is 5.82 Å². The van der Waals surface area contributed by atoms with Gasteiger partial charge in [-0.05, 0) is 25.1 Å². The number of hydrogen-bond donors (Lipinski definition) is 0. The second kappa shape index (κ2) is 8.50. The number of rotatable bonds is 4. The van der Waals surface area contributed by atoms with Crippen LogP contribution < -0.4 is 15.4 Å². The lowest BCUT2D eigenvalue weighted by molar-refractivity contribution is 0.608. The van der Waals surface area contributed by atoms with E-state index in [-0.39, 0.29) is 11.1 Å². The Morgan fingerprint density at radius 1 is 0.970 bits per heavy atom. The number of piperazine rings is 1. The molecule has 0 N–H and O–H groups in total. The molecule has 1 saturated heterocycles. The minimum absolute atomic E-state index is 0.230. The van der Waals surface area contributed by atoms with Crippen LogP contribution in [0.3, 0.4) is 0 Å². The summed E-state index contributed by atoms with van der Waals surface area (Å²) >= 11 is 0. The number of para-hydroxylation sites is 1. The molecule has 1 fully saturated rings. The van der Waals surface area contributed by atoms with E-state index in [4.69, 9.17) is 0 Å². The maximum absolute atomic E-state index is 14.3. The minimum atomic E-state index is -0.501. The highest BCUT2D eigenvalue weighted by Crippen LogP contribution is 2.25. The summed E-state index contributed by atoms with van der Waals surface area (Å²) in [6.07, 6.45) is 2.62. The van der Waals surface area contributed by atoms with Crippen molar-refractivity contribution in [2.75, 3.05) is 36.0 Å². The van der Waals surface area contributed by atoms with Gasteiger partial charge < -0.3 is 9.80 Å². The molecular formula is C24H24FN7O. The Labute approximate surface area is 190 Å². The van der Waals surface area contributed by atoms with Crippen molar-refractivity contribution in [3.8, 4) is 16.9 Å². The zero-order valence-electron chi connectivity index (χ0n) is 18.5. The molecule has 0 saturated carbocycles. The first-order valence-corrected chi connectivity index (χ1v) is 10.8. The molecule has 0 unspecified atom stereocenters. The fraction of sp³-hybridized carbons (Fsp3) is 0.250. The summed E-state index contributed by atoms with van der Waals surface area (Å²) in [7, 11) is 1.69. The van der Waals surface area contributed by atoms with Crippen molar-refractivity contribution in [2.45, 2.75) is 6.92 Å². The molecule has 1 aliphatic heterocycles. The molecule has 1 aromatic carbocycles. The molecular weight excluding hydrogens is 421 g/mol. The van der Waals surface area contributed by atoms with Crippen LogP contribution in [-0.4, -0.2) is 50.5 Å². The van der Waals surface area contributed by atoms with Crippen LogP contribution in [0.2, 0.25) is 0 Å². The van der Waals surface area contributed by atoms with Crippen molar-refractivity contribution in [1.29, 1.82) is 0 Å². The molecule has 0 amide bonds. The minimum Gasteiger partial charge on any atom is -0.353 e. The van der Waals surface area contributed by atoms with Gasteiger partial charge in [0.1, 0.15) is 5.82 Å². The van der Waals surface area contributed by atoms with E-state index in [9.17, 15) is 9.18 Å². The molecule has 1 aliphatic rings. The fourth-order valence-corrected chi connectivity index (χ4v) is 4.14. The van der Waals surface area contributed by atoms with E-state index in [0.29, 0.717) is 24.7 Å². The summed E-state index contributed by atoms with van der Waals surface area (Å²) in [5.74, 6) is 1.06. The van der Waals surface area contributed by atoms with Gasteiger partial charge in [-0.25, -0.2) is 14.1 Å². The third-order valence-corrected chi connectivity index (χ3v) is 5.86. The molecule has 4 aromatic rings. The molecule has 0 spiro atoms. The first-order chi connectivity index (χ1) is 16.0. The predicted molar refractivity (Wildman–Crippen MR) is 125 cm³/mol. The average Bonchev–Trinajstić information content (AvgIpc) is 3.23. The Hall–Kier alpha value is -4.01. The number of aromatic nitrogens is 5. The lowest BCUT2D eigenvalue weighted by Crippen LogP contribution is -2.48. The molecule has 0 atom stereocenters. The van der Waals surface area contributed by atoms with Gasteiger partial charge in [0.15, 0.2) is 5.82 Å². The first kappa shape index (κ1) is 20.9.